The largest absolute Gasteiger partial charge is 1.00 e. The Bertz CT molecular complexity index is 912. The molecule has 1 aromatic heterocycles. The first-order valence-corrected chi connectivity index (χ1v) is 8.93. The molecule has 0 saturated carbocycles. The molecule has 2 aromatic carbocycles. The summed E-state index contributed by atoms with van der Waals surface area (Å²) in [6, 6.07) is 14.6. The predicted molar refractivity (Wildman–Crippen MR) is 99.2 cm³/mol. The molecule has 3 aromatic rings. The summed E-state index contributed by atoms with van der Waals surface area (Å²) in [4.78, 5) is 10.6. The zero-order chi connectivity index (χ0) is 17.8. The van der Waals surface area contributed by atoms with E-state index in [0.29, 0.717) is 29.8 Å². The van der Waals surface area contributed by atoms with Crippen LogP contribution in [0, 0.1) is 0 Å². The van der Waals surface area contributed by atoms with Gasteiger partial charge in [-0.1, -0.05) is 36.4 Å². The van der Waals surface area contributed by atoms with Gasteiger partial charge in [0.15, 0.2) is 0 Å². The van der Waals surface area contributed by atoms with Crippen LogP contribution in [-0.2, 0) is 17.9 Å². The van der Waals surface area contributed by atoms with Crippen LogP contribution in [0.1, 0.15) is 24.8 Å². The van der Waals surface area contributed by atoms with Crippen molar-refractivity contribution in [2.75, 3.05) is 0 Å². The molecule has 0 aliphatic rings. The lowest BCUT2D eigenvalue weighted by Gasteiger charge is -2.02. The molecule has 3 rings (SSSR count). The normalized spacial score (nSPS) is 10.7. The molecular formula is C19H19BrCl2N2O2. The molecule has 7 heteroatoms. The monoisotopic (exact) mass is 456 g/mol. The molecule has 26 heavy (non-hydrogen) atoms. The number of aryl methyl sites for hydroxylation is 1. The molecule has 0 aliphatic carbocycles. The highest BCUT2D eigenvalue weighted by molar-refractivity contribution is 6.39. The van der Waals surface area contributed by atoms with Crippen LogP contribution in [0.3, 0.4) is 0 Å². The van der Waals surface area contributed by atoms with Crippen molar-refractivity contribution < 1.29 is 31.4 Å². The van der Waals surface area contributed by atoms with Gasteiger partial charge in [-0.05, 0) is 58.4 Å². The van der Waals surface area contributed by atoms with Crippen molar-refractivity contribution in [2.24, 2.45) is 0 Å². The van der Waals surface area contributed by atoms with E-state index in [1.165, 1.54) is 10.8 Å². The van der Waals surface area contributed by atoms with E-state index in [-0.39, 0.29) is 23.4 Å². The van der Waals surface area contributed by atoms with Gasteiger partial charge in [-0.25, -0.2) is 9.13 Å². The fourth-order valence-electron chi connectivity index (χ4n) is 2.86. The van der Waals surface area contributed by atoms with Crippen LogP contribution in [0.25, 0.3) is 10.8 Å². The smallest absolute Gasteiger partial charge is 0.303 e. The second-order valence-corrected chi connectivity index (χ2v) is 6.77. The Morgan fingerprint density at radius 2 is 1.81 bits per heavy atom. The molecule has 1 N–H and O–H groups in total. The summed E-state index contributed by atoms with van der Waals surface area (Å²) in [5, 5.41) is 12.1. The summed E-state index contributed by atoms with van der Waals surface area (Å²) < 4.78 is 3.78. The van der Waals surface area contributed by atoms with Crippen molar-refractivity contribution in [1.29, 1.82) is 0 Å². The summed E-state index contributed by atoms with van der Waals surface area (Å²) in [6.07, 6.45) is 3.42. The molecule has 4 nitrogen and oxygen atoms in total. The number of hydrogen-bond donors (Lipinski definition) is 1. The quantitative estimate of drug-likeness (QED) is 0.432. The summed E-state index contributed by atoms with van der Waals surface area (Å²) in [7, 11) is 0. The Morgan fingerprint density at radius 1 is 1.08 bits per heavy atom. The highest BCUT2D eigenvalue weighted by atomic mass is 79.9. The lowest BCUT2D eigenvalue weighted by Crippen LogP contribution is -3.00. The van der Waals surface area contributed by atoms with Crippen molar-refractivity contribution in [3.63, 3.8) is 0 Å². The van der Waals surface area contributed by atoms with E-state index in [1.807, 2.05) is 27.6 Å². The SMILES string of the molecule is O=C(O)CCCCn1c[n+](Cc2ccc3ccccc3c2)c(Cl)c1Cl.[Br-]. The van der Waals surface area contributed by atoms with E-state index in [1.54, 1.807) is 0 Å². The third-order valence-corrected chi connectivity index (χ3v) is 5.05. The fraction of sp³-hybridized carbons (Fsp3) is 0.263. The molecule has 0 amide bonds. The first-order valence-electron chi connectivity index (χ1n) is 8.17. The molecule has 0 spiro atoms. The average Bonchev–Trinajstić information content (AvgIpc) is 2.86. The lowest BCUT2D eigenvalue weighted by molar-refractivity contribution is -0.685. The maximum absolute atomic E-state index is 10.6. The zero-order valence-electron chi connectivity index (χ0n) is 14.0. The number of carbonyl (C=O) groups is 1. The van der Waals surface area contributed by atoms with Crippen molar-refractivity contribution in [1.82, 2.24) is 4.57 Å². The number of unbranched alkanes of at least 4 members (excludes halogenated alkanes) is 1. The first-order chi connectivity index (χ1) is 12.0. The van der Waals surface area contributed by atoms with Gasteiger partial charge in [0.05, 0.1) is 6.54 Å². The minimum atomic E-state index is -0.775. The molecule has 0 radical (unpaired) electrons. The van der Waals surface area contributed by atoms with Crippen LogP contribution in [0.5, 0.6) is 0 Å². The van der Waals surface area contributed by atoms with Gasteiger partial charge in [0, 0.05) is 6.42 Å². The maximum Gasteiger partial charge on any atom is 0.303 e. The number of carboxylic acid groups (broad SMARTS) is 1. The Kier molecular flexibility index (Phi) is 7.50. The van der Waals surface area contributed by atoms with E-state index >= 15 is 0 Å². The third kappa shape index (κ3) is 5.00. The Labute approximate surface area is 172 Å². The Hall–Kier alpha value is -1.56. The van der Waals surface area contributed by atoms with Crippen molar-refractivity contribution in [3.05, 3.63) is 64.7 Å². The number of halogens is 3. The first kappa shape index (κ1) is 20.7. The number of rotatable bonds is 7. The molecule has 0 saturated heterocycles. The van der Waals surface area contributed by atoms with Gasteiger partial charge in [0.2, 0.25) is 6.33 Å². The molecule has 0 bridgehead atoms. The number of aliphatic carboxylic acids is 1. The van der Waals surface area contributed by atoms with E-state index < -0.39 is 5.97 Å². The fourth-order valence-corrected chi connectivity index (χ4v) is 3.31. The average molecular weight is 458 g/mol. The number of benzene rings is 2. The van der Waals surface area contributed by atoms with Crippen molar-refractivity contribution in [2.45, 2.75) is 32.4 Å². The number of imidazole rings is 1. The molecule has 1 heterocycles. The number of aromatic nitrogens is 2. The zero-order valence-corrected chi connectivity index (χ0v) is 17.1. The molecule has 0 fully saturated rings. The number of hydrogen-bond acceptors (Lipinski definition) is 1. The van der Waals surface area contributed by atoms with Gasteiger partial charge in [-0.2, -0.15) is 0 Å². The summed E-state index contributed by atoms with van der Waals surface area (Å²) in [5.41, 5.74) is 1.14. The van der Waals surface area contributed by atoms with Crippen LogP contribution < -0.4 is 21.5 Å². The Morgan fingerprint density at radius 3 is 2.54 bits per heavy atom. The molecule has 138 valence electrons. The van der Waals surface area contributed by atoms with Crippen molar-refractivity contribution >= 4 is 39.9 Å². The van der Waals surface area contributed by atoms with Crippen LogP contribution in [0.15, 0.2) is 48.8 Å². The van der Waals surface area contributed by atoms with E-state index in [9.17, 15) is 4.79 Å². The van der Waals surface area contributed by atoms with Gasteiger partial charge in [0.25, 0.3) is 10.3 Å². The Balaban J connectivity index is 0.00000243. The van der Waals surface area contributed by atoms with Crippen LogP contribution >= 0.6 is 23.2 Å². The highest BCUT2D eigenvalue weighted by Crippen LogP contribution is 2.21. The second-order valence-electron chi connectivity index (χ2n) is 6.05. The van der Waals surface area contributed by atoms with Gasteiger partial charge in [-0.3, -0.25) is 4.79 Å². The van der Waals surface area contributed by atoms with Gasteiger partial charge in [-0.15, -0.1) is 0 Å². The van der Waals surface area contributed by atoms with Gasteiger partial charge >= 0.3 is 5.97 Å². The lowest BCUT2D eigenvalue weighted by atomic mass is 10.1. The topological polar surface area (TPSA) is 46.1 Å². The molecule has 0 unspecified atom stereocenters. The predicted octanol–water partition coefficient (Wildman–Crippen LogP) is 1.54. The van der Waals surface area contributed by atoms with Gasteiger partial charge < -0.3 is 22.1 Å². The summed E-state index contributed by atoms with van der Waals surface area (Å²) in [5.74, 6) is -0.775. The van der Waals surface area contributed by atoms with E-state index in [0.717, 1.165) is 12.0 Å². The number of carboxylic acids is 1. The van der Waals surface area contributed by atoms with Crippen LogP contribution in [0.4, 0.5) is 0 Å². The van der Waals surface area contributed by atoms with Crippen molar-refractivity contribution in [3.8, 4) is 0 Å². The molecular weight excluding hydrogens is 439 g/mol. The molecule has 0 atom stereocenters. The number of fused-ring (bicyclic) bond motifs is 1. The second kappa shape index (κ2) is 9.40. The van der Waals surface area contributed by atoms with E-state index in [4.69, 9.17) is 28.3 Å². The van der Waals surface area contributed by atoms with Crippen LogP contribution in [-0.4, -0.2) is 15.6 Å². The highest BCUT2D eigenvalue weighted by Gasteiger charge is 2.20. The van der Waals surface area contributed by atoms with Gasteiger partial charge in [0.1, 0.15) is 6.54 Å². The molecule has 0 aliphatic heterocycles. The standard InChI is InChI=1S/C19H18Cl2N2O2.BrH/c20-18-19(21)23(13-22(18)10-4-3-7-17(24)25)12-14-8-9-15-5-1-2-6-16(15)11-14;/h1-2,5-6,8-9,11,13H,3-4,7,10,12H2;1H. The summed E-state index contributed by atoms with van der Waals surface area (Å²) in [6.45, 7) is 1.28. The maximum atomic E-state index is 10.6. The van der Waals surface area contributed by atoms with E-state index in [2.05, 4.69) is 30.3 Å². The minimum Gasteiger partial charge on any atom is -1.00 e. The third-order valence-electron chi connectivity index (χ3n) is 4.16. The minimum absolute atomic E-state index is 0. The number of nitrogens with zero attached hydrogens (tertiary/aromatic N) is 2. The summed E-state index contributed by atoms with van der Waals surface area (Å²) >= 11 is 12.7. The van der Waals surface area contributed by atoms with Crippen LogP contribution in [0.2, 0.25) is 10.3 Å².